The molecule has 2 aromatic rings. The number of benzene rings is 1. The van der Waals surface area contributed by atoms with Crippen molar-refractivity contribution in [3.05, 3.63) is 42.6 Å². The molecule has 11 heteroatoms. The van der Waals surface area contributed by atoms with Crippen LogP contribution < -0.4 is 25.6 Å². The molecule has 1 aromatic carbocycles. The Hall–Kier alpha value is -4.15. The standard InChI is InChI=1S/C28H35N7O4/c1-4-23(36)35-15-12-28(17-35)10-13-34(14-11-28)21-7-5-6-19(25(21)39-3)30-20-16-22(31-26(37)18-8-9-18)32-33-24(20)27(38)29-2/h4-7,16,18H,1,8-15,17H2,2-3H3,(H,29,38)(H2,30,31,32,37)/i2D3. The summed E-state index contributed by atoms with van der Waals surface area (Å²) in [7, 11) is 1.56. The minimum atomic E-state index is -2.73. The van der Waals surface area contributed by atoms with Gasteiger partial charge in [0.1, 0.15) is 0 Å². The number of nitrogens with zero attached hydrogens (tertiary/aromatic N) is 4. The van der Waals surface area contributed by atoms with Crippen LogP contribution in [0.3, 0.4) is 0 Å². The number of likely N-dealkylation sites (tertiary alicyclic amines) is 1. The molecule has 39 heavy (non-hydrogen) atoms. The quantitative estimate of drug-likeness (QED) is 0.440. The zero-order valence-electron chi connectivity index (χ0n) is 25.0. The number of hydrogen-bond acceptors (Lipinski definition) is 8. The van der Waals surface area contributed by atoms with Gasteiger partial charge in [-0.05, 0) is 55.7 Å². The van der Waals surface area contributed by atoms with Gasteiger partial charge in [-0.3, -0.25) is 14.4 Å². The molecule has 0 unspecified atom stereocenters. The second-order valence-electron chi connectivity index (χ2n) is 10.4. The van der Waals surface area contributed by atoms with E-state index in [0.29, 0.717) is 11.4 Å². The van der Waals surface area contributed by atoms with Crippen molar-refractivity contribution in [1.29, 1.82) is 0 Å². The Morgan fingerprint density at radius 2 is 1.92 bits per heavy atom. The number of nitrogens with one attached hydrogen (secondary N) is 3. The number of anilines is 4. The summed E-state index contributed by atoms with van der Waals surface area (Å²) in [6, 6.07) is 7.04. The fourth-order valence-electron chi connectivity index (χ4n) is 5.46. The maximum absolute atomic E-state index is 12.8. The highest BCUT2D eigenvalue weighted by atomic mass is 16.5. The van der Waals surface area contributed by atoms with Gasteiger partial charge in [0, 0.05) is 49.3 Å². The molecule has 2 saturated heterocycles. The molecule has 1 aliphatic carbocycles. The first kappa shape index (κ1) is 22.8. The van der Waals surface area contributed by atoms with Crippen LogP contribution in [0.25, 0.3) is 0 Å². The Labute approximate surface area is 232 Å². The zero-order chi connectivity index (χ0) is 30.1. The van der Waals surface area contributed by atoms with Crippen molar-refractivity contribution in [1.82, 2.24) is 20.4 Å². The van der Waals surface area contributed by atoms with E-state index in [1.807, 2.05) is 22.3 Å². The van der Waals surface area contributed by atoms with Crippen LogP contribution in [0.2, 0.25) is 0 Å². The van der Waals surface area contributed by atoms with E-state index in [1.165, 1.54) is 12.1 Å². The number of methoxy groups -OCH3 is 1. The summed E-state index contributed by atoms with van der Waals surface area (Å²) < 4.78 is 28.1. The van der Waals surface area contributed by atoms with Gasteiger partial charge < -0.3 is 30.5 Å². The molecule has 2 aliphatic heterocycles. The third kappa shape index (κ3) is 5.52. The van der Waals surface area contributed by atoms with Gasteiger partial charge in [-0.15, -0.1) is 10.2 Å². The van der Waals surface area contributed by atoms with Crippen LogP contribution in [0.1, 0.15) is 46.7 Å². The third-order valence-corrected chi connectivity index (χ3v) is 7.88. The SMILES string of the molecule is [2H]C([2H])([2H])NC(=O)c1nnc(NC(=O)C2CC2)cc1Nc1cccc(N2CCC3(CCN(C(=O)C=C)C3)CC2)c1OC. The lowest BCUT2D eigenvalue weighted by Gasteiger charge is -2.40. The second-order valence-corrected chi connectivity index (χ2v) is 10.4. The molecule has 5 rings (SSSR count). The number of carbonyl (C=O) groups excluding carboxylic acids is 3. The van der Waals surface area contributed by atoms with E-state index in [0.717, 1.165) is 64.0 Å². The molecule has 3 N–H and O–H groups in total. The molecule has 1 saturated carbocycles. The number of ether oxygens (including phenoxy) is 1. The highest BCUT2D eigenvalue weighted by Crippen LogP contribution is 2.44. The summed E-state index contributed by atoms with van der Waals surface area (Å²) in [6.45, 7) is 3.91. The smallest absolute Gasteiger partial charge is 0.273 e. The van der Waals surface area contributed by atoms with Gasteiger partial charge in [0.2, 0.25) is 11.8 Å². The molecule has 1 aromatic heterocycles. The summed E-state index contributed by atoms with van der Waals surface area (Å²) in [5.41, 5.74) is 1.38. The number of rotatable bonds is 8. The van der Waals surface area contributed by atoms with Crippen LogP contribution in [0, 0.1) is 11.3 Å². The van der Waals surface area contributed by atoms with Crippen molar-refractivity contribution in [3.8, 4) is 5.75 Å². The molecule has 206 valence electrons. The van der Waals surface area contributed by atoms with Gasteiger partial charge in [-0.25, -0.2) is 0 Å². The Kier molecular flexibility index (Phi) is 6.38. The first-order valence-electron chi connectivity index (χ1n) is 14.6. The van der Waals surface area contributed by atoms with E-state index in [4.69, 9.17) is 8.85 Å². The molecular formula is C28H35N7O4. The second kappa shape index (κ2) is 10.9. The van der Waals surface area contributed by atoms with E-state index in [2.05, 4.69) is 32.3 Å². The summed E-state index contributed by atoms with van der Waals surface area (Å²) in [6.07, 6.45) is 5.79. The van der Waals surface area contributed by atoms with Gasteiger partial charge in [0.15, 0.2) is 17.3 Å². The van der Waals surface area contributed by atoms with Crippen molar-refractivity contribution < 1.29 is 23.2 Å². The normalized spacial score (nSPS) is 19.5. The van der Waals surface area contributed by atoms with Crippen LogP contribution in [0.5, 0.6) is 5.75 Å². The molecule has 0 atom stereocenters. The van der Waals surface area contributed by atoms with Gasteiger partial charge in [-0.1, -0.05) is 12.6 Å². The fourth-order valence-corrected chi connectivity index (χ4v) is 5.46. The average molecular weight is 537 g/mol. The van der Waals surface area contributed by atoms with E-state index >= 15 is 0 Å². The first-order chi connectivity index (χ1) is 20.0. The molecule has 3 fully saturated rings. The number of piperidine rings is 1. The predicted octanol–water partition coefficient (Wildman–Crippen LogP) is 2.94. The summed E-state index contributed by atoms with van der Waals surface area (Å²) in [5, 5.41) is 15.7. The van der Waals surface area contributed by atoms with E-state index in [9.17, 15) is 14.4 Å². The van der Waals surface area contributed by atoms with Crippen LogP contribution in [0.4, 0.5) is 22.9 Å². The highest BCUT2D eigenvalue weighted by molar-refractivity contribution is 6.00. The molecule has 0 radical (unpaired) electrons. The lowest BCUT2D eigenvalue weighted by atomic mass is 9.77. The third-order valence-electron chi connectivity index (χ3n) is 7.88. The largest absolute Gasteiger partial charge is 0.492 e. The Bertz CT molecular complexity index is 1390. The van der Waals surface area contributed by atoms with Crippen LogP contribution in [-0.2, 0) is 9.59 Å². The summed E-state index contributed by atoms with van der Waals surface area (Å²) in [4.78, 5) is 41.4. The fraction of sp³-hybridized carbons (Fsp3) is 0.464. The molecule has 3 aliphatic rings. The minimum Gasteiger partial charge on any atom is -0.492 e. The summed E-state index contributed by atoms with van der Waals surface area (Å²) >= 11 is 0. The van der Waals surface area contributed by atoms with Crippen molar-refractivity contribution in [2.75, 3.05) is 55.8 Å². The Balaban J connectivity index is 1.38. The predicted molar refractivity (Wildman–Crippen MR) is 148 cm³/mol. The molecular weight excluding hydrogens is 498 g/mol. The highest BCUT2D eigenvalue weighted by Gasteiger charge is 2.42. The number of carbonyl (C=O) groups is 3. The van der Waals surface area contributed by atoms with Gasteiger partial charge in [0.25, 0.3) is 5.91 Å². The first-order valence-corrected chi connectivity index (χ1v) is 13.1. The summed E-state index contributed by atoms with van der Waals surface area (Å²) in [5.74, 6) is -0.555. The van der Waals surface area contributed by atoms with E-state index in [-0.39, 0.29) is 40.3 Å². The van der Waals surface area contributed by atoms with E-state index in [1.54, 1.807) is 13.2 Å². The topological polar surface area (TPSA) is 129 Å². The number of aromatic nitrogens is 2. The maximum atomic E-state index is 12.8. The average Bonchev–Trinajstić information content (AvgIpc) is 3.73. The lowest BCUT2D eigenvalue weighted by Crippen LogP contribution is -2.42. The number of hydrogen-bond donors (Lipinski definition) is 3. The zero-order valence-corrected chi connectivity index (χ0v) is 22.0. The van der Waals surface area contributed by atoms with Gasteiger partial charge >= 0.3 is 0 Å². The van der Waals surface area contributed by atoms with Crippen LogP contribution >= 0.6 is 0 Å². The van der Waals surface area contributed by atoms with Crippen LogP contribution in [-0.4, -0.2) is 73.1 Å². The Morgan fingerprint density at radius 1 is 1.15 bits per heavy atom. The lowest BCUT2D eigenvalue weighted by molar-refractivity contribution is -0.125. The van der Waals surface area contributed by atoms with Crippen molar-refractivity contribution in [3.63, 3.8) is 0 Å². The van der Waals surface area contributed by atoms with E-state index < -0.39 is 12.9 Å². The maximum Gasteiger partial charge on any atom is 0.273 e. The van der Waals surface area contributed by atoms with Gasteiger partial charge in [0.05, 0.1) is 24.2 Å². The van der Waals surface area contributed by atoms with Crippen molar-refractivity contribution in [2.45, 2.75) is 32.1 Å². The number of para-hydroxylation sites is 1. The molecule has 3 heterocycles. The molecule has 11 nitrogen and oxygen atoms in total. The van der Waals surface area contributed by atoms with Crippen LogP contribution in [0.15, 0.2) is 36.9 Å². The van der Waals surface area contributed by atoms with Gasteiger partial charge in [-0.2, -0.15) is 0 Å². The minimum absolute atomic E-state index is 0.0254. The van der Waals surface area contributed by atoms with Crippen molar-refractivity contribution in [2.24, 2.45) is 11.3 Å². The number of amides is 3. The molecule has 1 spiro atoms. The molecule has 3 amide bonds. The van der Waals surface area contributed by atoms with Crippen molar-refractivity contribution >= 4 is 40.6 Å². The molecule has 0 bridgehead atoms. The Morgan fingerprint density at radius 3 is 2.62 bits per heavy atom. The monoisotopic (exact) mass is 536 g/mol.